The van der Waals surface area contributed by atoms with E-state index in [0.29, 0.717) is 11.5 Å². The van der Waals surface area contributed by atoms with Crippen LogP contribution in [-0.2, 0) is 0 Å². The number of aromatic nitrogens is 2. The molecule has 0 unspecified atom stereocenters. The summed E-state index contributed by atoms with van der Waals surface area (Å²) in [5, 5.41) is 8.92. The molecular weight excluding hydrogens is 196 g/mol. The van der Waals surface area contributed by atoms with Gasteiger partial charge in [0.15, 0.2) is 17.1 Å². The number of carboxylic acid groups (broad SMARTS) is 1. The number of aromatic carboxylic acids is 1. The van der Waals surface area contributed by atoms with Crippen LogP contribution in [0.3, 0.4) is 0 Å². The number of pyridine rings is 1. The van der Waals surface area contributed by atoms with Crippen LogP contribution in [0.15, 0.2) is 16.7 Å². The zero-order valence-electron chi connectivity index (χ0n) is 8.39. The Morgan fingerprint density at radius 3 is 2.87 bits per heavy atom. The van der Waals surface area contributed by atoms with E-state index < -0.39 is 5.97 Å². The van der Waals surface area contributed by atoms with Crippen molar-refractivity contribution in [1.82, 2.24) is 9.97 Å². The fourth-order valence-corrected chi connectivity index (χ4v) is 1.26. The second-order valence-corrected chi connectivity index (χ2v) is 3.52. The first kappa shape index (κ1) is 9.64. The Kier molecular flexibility index (Phi) is 2.15. The highest BCUT2D eigenvalue weighted by Crippen LogP contribution is 2.22. The molecule has 0 radical (unpaired) electrons. The van der Waals surface area contributed by atoms with Gasteiger partial charge in [-0.3, -0.25) is 0 Å². The number of fused-ring (bicyclic) bond motifs is 1. The number of nitrogens with zero attached hydrogens (tertiary/aromatic N) is 2. The second-order valence-electron chi connectivity index (χ2n) is 3.52. The predicted molar refractivity (Wildman–Crippen MR) is 52.9 cm³/mol. The molecule has 0 spiro atoms. The SMILES string of the molecule is CC(C)c1nc2nccc(C(=O)O)c2o1. The summed E-state index contributed by atoms with van der Waals surface area (Å²) in [6.07, 6.45) is 1.42. The van der Waals surface area contributed by atoms with E-state index >= 15 is 0 Å². The lowest BCUT2D eigenvalue weighted by Gasteiger charge is -1.94. The highest BCUT2D eigenvalue weighted by Gasteiger charge is 2.16. The number of oxazole rings is 1. The van der Waals surface area contributed by atoms with Crippen molar-refractivity contribution in [2.75, 3.05) is 0 Å². The zero-order chi connectivity index (χ0) is 11.0. The first-order valence-corrected chi connectivity index (χ1v) is 4.58. The van der Waals surface area contributed by atoms with Gasteiger partial charge in [-0.1, -0.05) is 13.8 Å². The van der Waals surface area contributed by atoms with Crippen LogP contribution in [-0.4, -0.2) is 21.0 Å². The molecule has 0 fully saturated rings. The third kappa shape index (κ3) is 1.56. The maximum atomic E-state index is 10.9. The van der Waals surface area contributed by atoms with Crippen LogP contribution in [0.2, 0.25) is 0 Å². The topological polar surface area (TPSA) is 76.2 Å². The number of carboxylic acids is 1. The molecule has 0 saturated carbocycles. The largest absolute Gasteiger partial charge is 0.478 e. The summed E-state index contributed by atoms with van der Waals surface area (Å²) in [6.45, 7) is 3.84. The van der Waals surface area contributed by atoms with Crippen molar-refractivity contribution in [2.45, 2.75) is 19.8 Å². The van der Waals surface area contributed by atoms with Crippen molar-refractivity contribution < 1.29 is 14.3 Å². The minimum atomic E-state index is -1.03. The molecule has 1 N–H and O–H groups in total. The molecule has 0 saturated heterocycles. The molecule has 0 bridgehead atoms. The molecule has 0 amide bonds. The van der Waals surface area contributed by atoms with E-state index in [0.717, 1.165) is 0 Å². The van der Waals surface area contributed by atoms with Crippen LogP contribution in [0.25, 0.3) is 11.2 Å². The van der Waals surface area contributed by atoms with E-state index in [1.807, 2.05) is 13.8 Å². The van der Waals surface area contributed by atoms with Crippen molar-refractivity contribution in [3.8, 4) is 0 Å². The van der Waals surface area contributed by atoms with Gasteiger partial charge in [0.2, 0.25) is 0 Å². The maximum absolute atomic E-state index is 10.9. The summed E-state index contributed by atoms with van der Waals surface area (Å²) in [6, 6.07) is 1.40. The molecule has 2 heterocycles. The van der Waals surface area contributed by atoms with Crippen LogP contribution >= 0.6 is 0 Å². The van der Waals surface area contributed by atoms with Gasteiger partial charge < -0.3 is 9.52 Å². The lowest BCUT2D eigenvalue weighted by molar-refractivity contribution is 0.0697. The Morgan fingerprint density at radius 2 is 2.27 bits per heavy atom. The van der Waals surface area contributed by atoms with Crippen molar-refractivity contribution >= 4 is 17.2 Å². The summed E-state index contributed by atoms with van der Waals surface area (Å²) in [5.74, 6) is -0.416. The first-order valence-electron chi connectivity index (χ1n) is 4.58. The number of hydrogen-bond donors (Lipinski definition) is 1. The summed E-state index contributed by atoms with van der Waals surface area (Å²) in [7, 11) is 0. The number of hydrogen-bond acceptors (Lipinski definition) is 4. The van der Waals surface area contributed by atoms with Gasteiger partial charge in [0.25, 0.3) is 0 Å². The van der Waals surface area contributed by atoms with Crippen LogP contribution < -0.4 is 0 Å². The Bertz CT molecular complexity index is 516. The van der Waals surface area contributed by atoms with Gasteiger partial charge in [0.1, 0.15) is 5.56 Å². The molecule has 0 aliphatic carbocycles. The van der Waals surface area contributed by atoms with Gasteiger partial charge in [-0.15, -0.1) is 0 Å². The second kappa shape index (κ2) is 3.34. The van der Waals surface area contributed by atoms with Crippen LogP contribution in [0.4, 0.5) is 0 Å². The molecule has 2 aromatic heterocycles. The summed E-state index contributed by atoms with van der Waals surface area (Å²) in [4.78, 5) is 19.0. The van der Waals surface area contributed by atoms with Gasteiger partial charge in [-0.2, -0.15) is 4.98 Å². The molecule has 78 valence electrons. The normalized spacial score (nSPS) is 11.1. The van der Waals surface area contributed by atoms with Crippen molar-refractivity contribution in [3.63, 3.8) is 0 Å². The van der Waals surface area contributed by atoms with Gasteiger partial charge in [-0.25, -0.2) is 9.78 Å². The highest BCUT2D eigenvalue weighted by molar-refractivity contribution is 5.98. The smallest absolute Gasteiger partial charge is 0.339 e. The average molecular weight is 206 g/mol. The predicted octanol–water partition coefficient (Wildman–Crippen LogP) is 2.04. The minimum absolute atomic E-state index is 0.0967. The van der Waals surface area contributed by atoms with E-state index in [4.69, 9.17) is 9.52 Å². The van der Waals surface area contributed by atoms with E-state index in [2.05, 4.69) is 9.97 Å². The molecular formula is C10H10N2O3. The van der Waals surface area contributed by atoms with Crippen LogP contribution in [0.5, 0.6) is 0 Å². The molecule has 5 nitrogen and oxygen atoms in total. The molecule has 0 aliphatic rings. The Hall–Kier alpha value is -1.91. The molecule has 2 rings (SSSR count). The van der Waals surface area contributed by atoms with Gasteiger partial charge in [-0.05, 0) is 6.07 Å². The molecule has 15 heavy (non-hydrogen) atoms. The number of rotatable bonds is 2. The van der Waals surface area contributed by atoms with Gasteiger partial charge >= 0.3 is 5.97 Å². The Balaban J connectivity index is 2.70. The van der Waals surface area contributed by atoms with Gasteiger partial charge in [0.05, 0.1) is 0 Å². The van der Waals surface area contributed by atoms with Gasteiger partial charge in [0, 0.05) is 12.1 Å². The first-order chi connectivity index (χ1) is 7.09. The number of carbonyl (C=O) groups is 1. The third-order valence-corrected chi connectivity index (χ3v) is 2.03. The quantitative estimate of drug-likeness (QED) is 0.813. The zero-order valence-corrected chi connectivity index (χ0v) is 8.39. The summed E-state index contributed by atoms with van der Waals surface area (Å²) >= 11 is 0. The fraction of sp³-hybridized carbons (Fsp3) is 0.300. The Morgan fingerprint density at radius 1 is 1.53 bits per heavy atom. The van der Waals surface area contributed by atoms with Crippen LogP contribution in [0, 0.1) is 0 Å². The molecule has 2 aromatic rings. The lowest BCUT2D eigenvalue weighted by atomic mass is 10.2. The molecule has 5 heteroatoms. The standard InChI is InChI=1S/C10H10N2O3/c1-5(2)9-12-8-7(15-9)6(10(13)14)3-4-11-8/h3-5H,1-2H3,(H,13,14). The molecule has 0 aromatic carbocycles. The Labute approximate surface area is 85.8 Å². The lowest BCUT2D eigenvalue weighted by Crippen LogP contribution is -1.96. The molecule has 0 atom stereocenters. The van der Waals surface area contributed by atoms with E-state index in [1.54, 1.807) is 0 Å². The van der Waals surface area contributed by atoms with Crippen molar-refractivity contribution in [3.05, 3.63) is 23.7 Å². The summed E-state index contributed by atoms with van der Waals surface area (Å²) in [5.41, 5.74) is 0.687. The minimum Gasteiger partial charge on any atom is -0.478 e. The maximum Gasteiger partial charge on any atom is 0.339 e. The van der Waals surface area contributed by atoms with E-state index in [9.17, 15) is 4.79 Å². The fourth-order valence-electron chi connectivity index (χ4n) is 1.26. The summed E-state index contributed by atoms with van der Waals surface area (Å²) < 4.78 is 5.37. The highest BCUT2D eigenvalue weighted by atomic mass is 16.4. The van der Waals surface area contributed by atoms with E-state index in [1.165, 1.54) is 12.3 Å². The average Bonchev–Trinajstić information content (AvgIpc) is 2.60. The third-order valence-electron chi connectivity index (χ3n) is 2.03. The van der Waals surface area contributed by atoms with Crippen molar-refractivity contribution in [1.29, 1.82) is 0 Å². The molecule has 0 aliphatic heterocycles. The van der Waals surface area contributed by atoms with E-state index in [-0.39, 0.29) is 17.1 Å². The monoisotopic (exact) mass is 206 g/mol. The van der Waals surface area contributed by atoms with Crippen LogP contribution in [0.1, 0.15) is 36.0 Å². The van der Waals surface area contributed by atoms with Crippen molar-refractivity contribution in [2.24, 2.45) is 0 Å².